The SMILES string of the molecule is CC(=O)NCc1ccc(C(=O)Cc2c(Cl)cc(C(F)(C(F)(F)F)C(F)(F)F)cc2Cl)cc1Cl. The number of Topliss-reactive ketones (excluding diaryl/α,β-unsaturated/α-hetero) is 1. The molecule has 0 spiro atoms. The molecule has 0 bridgehead atoms. The van der Waals surface area contributed by atoms with Crippen LogP contribution in [0.2, 0.25) is 15.1 Å². The standard InChI is InChI=1S/C20H13Cl3F7NO2/c1-9(32)31-8-11-3-2-10(4-14(11)21)17(33)7-13-15(22)5-12(6-16(13)23)18(24,19(25,26)27)20(28,29)30/h2-6H,7-8H2,1H3,(H,31,32). The molecule has 33 heavy (non-hydrogen) atoms. The average Bonchev–Trinajstić information content (AvgIpc) is 2.66. The molecule has 0 fully saturated rings. The molecule has 0 unspecified atom stereocenters. The van der Waals surface area contributed by atoms with Crippen LogP contribution in [0.1, 0.15) is 34.0 Å². The number of benzene rings is 2. The topological polar surface area (TPSA) is 46.2 Å². The Balaban J connectivity index is 2.37. The van der Waals surface area contributed by atoms with Crippen molar-refractivity contribution in [2.45, 2.75) is 37.9 Å². The Bertz CT molecular complexity index is 1050. The van der Waals surface area contributed by atoms with Crippen molar-refractivity contribution in [3.63, 3.8) is 0 Å². The van der Waals surface area contributed by atoms with Crippen LogP contribution in [0.3, 0.4) is 0 Å². The smallest absolute Gasteiger partial charge is 0.352 e. The molecule has 0 aliphatic carbocycles. The van der Waals surface area contributed by atoms with Gasteiger partial charge in [-0.3, -0.25) is 9.59 Å². The zero-order valence-electron chi connectivity index (χ0n) is 16.4. The van der Waals surface area contributed by atoms with E-state index in [-0.39, 0.29) is 40.7 Å². The minimum Gasteiger partial charge on any atom is -0.352 e. The predicted octanol–water partition coefficient (Wildman–Crippen LogP) is 7.00. The van der Waals surface area contributed by atoms with Gasteiger partial charge < -0.3 is 5.32 Å². The third-order valence-electron chi connectivity index (χ3n) is 4.56. The van der Waals surface area contributed by atoms with Gasteiger partial charge in [-0.15, -0.1) is 0 Å². The average molecular weight is 539 g/mol. The Morgan fingerprint density at radius 3 is 1.79 bits per heavy atom. The van der Waals surface area contributed by atoms with E-state index in [1.807, 2.05) is 0 Å². The molecule has 0 saturated heterocycles. The Morgan fingerprint density at radius 2 is 1.36 bits per heavy atom. The molecular weight excluding hydrogens is 526 g/mol. The Hall–Kier alpha value is -2.04. The number of amides is 1. The number of ketones is 1. The molecule has 2 aromatic carbocycles. The van der Waals surface area contributed by atoms with E-state index in [2.05, 4.69) is 5.32 Å². The van der Waals surface area contributed by atoms with Crippen LogP contribution in [0, 0.1) is 0 Å². The second kappa shape index (κ2) is 9.68. The number of rotatable bonds is 6. The van der Waals surface area contributed by atoms with E-state index in [1.54, 1.807) is 0 Å². The zero-order valence-corrected chi connectivity index (χ0v) is 18.7. The predicted molar refractivity (Wildman–Crippen MR) is 108 cm³/mol. The lowest BCUT2D eigenvalue weighted by atomic mass is 9.92. The van der Waals surface area contributed by atoms with Crippen LogP contribution in [0.5, 0.6) is 0 Å². The summed E-state index contributed by atoms with van der Waals surface area (Å²) >= 11 is 17.7. The molecular formula is C20H13Cl3F7NO2. The summed E-state index contributed by atoms with van der Waals surface area (Å²) in [4.78, 5) is 23.6. The van der Waals surface area contributed by atoms with Crippen molar-refractivity contribution in [1.29, 1.82) is 0 Å². The first-order valence-electron chi connectivity index (χ1n) is 8.86. The number of hydrogen-bond donors (Lipinski definition) is 1. The molecule has 0 saturated carbocycles. The summed E-state index contributed by atoms with van der Waals surface area (Å²) in [5.41, 5.74) is -7.35. The van der Waals surface area contributed by atoms with Crippen molar-refractivity contribution in [3.8, 4) is 0 Å². The number of carbonyl (C=O) groups is 2. The number of hydrogen-bond acceptors (Lipinski definition) is 2. The zero-order chi connectivity index (χ0) is 25.4. The van der Waals surface area contributed by atoms with Crippen LogP contribution in [0.4, 0.5) is 30.7 Å². The van der Waals surface area contributed by atoms with Crippen LogP contribution >= 0.6 is 34.8 Å². The van der Waals surface area contributed by atoms with Gasteiger partial charge in [-0.1, -0.05) is 46.9 Å². The molecule has 0 radical (unpaired) electrons. The van der Waals surface area contributed by atoms with Crippen molar-refractivity contribution >= 4 is 46.5 Å². The number of carbonyl (C=O) groups excluding carboxylic acids is 2. The van der Waals surface area contributed by atoms with Gasteiger partial charge in [0.15, 0.2) is 5.78 Å². The van der Waals surface area contributed by atoms with E-state index in [0.29, 0.717) is 5.56 Å². The fourth-order valence-corrected chi connectivity index (χ4v) is 3.67. The monoisotopic (exact) mass is 537 g/mol. The van der Waals surface area contributed by atoms with Crippen molar-refractivity contribution < 1.29 is 40.3 Å². The maximum Gasteiger partial charge on any atom is 0.435 e. The third kappa shape index (κ3) is 5.73. The van der Waals surface area contributed by atoms with Gasteiger partial charge in [0.2, 0.25) is 5.91 Å². The molecule has 13 heteroatoms. The van der Waals surface area contributed by atoms with Crippen LogP contribution in [-0.4, -0.2) is 24.0 Å². The number of halogens is 10. The van der Waals surface area contributed by atoms with Crippen LogP contribution in [-0.2, 0) is 23.4 Å². The van der Waals surface area contributed by atoms with Crippen molar-refractivity contribution in [2.75, 3.05) is 0 Å². The largest absolute Gasteiger partial charge is 0.435 e. The van der Waals surface area contributed by atoms with Crippen molar-refractivity contribution in [1.82, 2.24) is 5.32 Å². The molecule has 0 heterocycles. The molecule has 0 aromatic heterocycles. The fraction of sp³-hybridized carbons (Fsp3) is 0.300. The van der Waals surface area contributed by atoms with E-state index < -0.39 is 45.8 Å². The third-order valence-corrected chi connectivity index (χ3v) is 5.59. The summed E-state index contributed by atoms with van der Waals surface area (Å²) in [7, 11) is 0. The van der Waals surface area contributed by atoms with E-state index in [9.17, 15) is 40.3 Å². The maximum atomic E-state index is 14.3. The van der Waals surface area contributed by atoms with E-state index in [0.717, 1.165) is 0 Å². The molecule has 3 nitrogen and oxygen atoms in total. The van der Waals surface area contributed by atoms with Crippen molar-refractivity contribution in [2.24, 2.45) is 0 Å². The normalized spacial score (nSPS) is 12.6. The van der Waals surface area contributed by atoms with E-state index >= 15 is 0 Å². The van der Waals surface area contributed by atoms with Gasteiger partial charge in [-0.2, -0.15) is 26.3 Å². The van der Waals surface area contributed by atoms with Gasteiger partial charge in [0.1, 0.15) is 0 Å². The number of nitrogens with one attached hydrogen (secondary N) is 1. The molecule has 180 valence electrons. The van der Waals surface area contributed by atoms with Crippen LogP contribution in [0.25, 0.3) is 0 Å². The highest BCUT2D eigenvalue weighted by atomic mass is 35.5. The first-order chi connectivity index (χ1) is 15.0. The van der Waals surface area contributed by atoms with Gasteiger partial charge in [0.05, 0.1) is 0 Å². The minimum atomic E-state index is -6.34. The molecule has 2 rings (SSSR count). The lowest BCUT2D eigenvalue weighted by molar-refractivity contribution is -0.348. The van der Waals surface area contributed by atoms with E-state index in [4.69, 9.17) is 34.8 Å². The van der Waals surface area contributed by atoms with Gasteiger partial charge >= 0.3 is 18.0 Å². The highest BCUT2D eigenvalue weighted by Gasteiger charge is 2.73. The van der Waals surface area contributed by atoms with Gasteiger partial charge in [0.25, 0.3) is 0 Å². The molecule has 0 atom stereocenters. The summed E-state index contributed by atoms with van der Waals surface area (Å²) < 4.78 is 92.2. The molecule has 2 aromatic rings. The Morgan fingerprint density at radius 1 is 0.848 bits per heavy atom. The Kier molecular flexibility index (Phi) is 7.98. The first-order valence-corrected chi connectivity index (χ1v) is 9.99. The minimum absolute atomic E-state index is 0.0354. The summed E-state index contributed by atoms with van der Waals surface area (Å²) in [5.74, 6) is -0.982. The highest BCUT2D eigenvalue weighted by Crippen LogP contribution is 2.54. The summed E-state index contributed by atoms with van der Waals surface area (Å²) in [6, 6.07) is 4.33. The quantitative estimate of drug-likeness (QED) is 0.318. The Labute approximate surface area is 197 Å². The van der Waals surface area contributed by atoms with E-state index in [1.165, 1.54) is 25.1 Å². The second-order valence-corrected chi connectivity index (χ2v) is 8.11. The summed E-state index contributed by atoms with van der Waals surface area (Å²) in [5, 5.41) is 1.13. The van der Waals surface area contributed by atoms with Crippen molar-refractivity contribution in [3.05, 3.63) is 67.7 Å². The fourth-order valence-electron chi connectivity index (χ4n) is 2.81. The summed E-state index contributed by atoms with van der Waals surface area (Å²) in [6.07, 6.45) is -13.3. The van der Waals surface area contributed by atoms with Crippen LogP contribution in [0.15, 0.2) is 30.3 Å². The number of alkyl halides is 7. The van der Waals surface area contributed by atoms with Gasteiger partial charge in [0, 0.05) is 46.1 Å². The maximum absolute atomic E-state index is 14.3. The summed E-state index contributed by atoms with van der Waals surface area (Å²) in [6.45, 7) is 1.38. The molecule has 0 aliphatic rings. The molecule has 1 amide bonds. The highest BCUT2D eigenvalue weighted by molar-refractivity contribution is 6.36. The second-order valence-electron chi connectivity index (χ2n) is 6.89. The lowest BCUT2D eigenvalue weighted by Gasteiger charge is -2.30. The van der Waals surface area contributed by atoms with Crippen LogP contribution < -0.4 is 5.32 Å². The van der Waals surface area contributed by atoms with Gasteiger partial charge in [-0.25, -0.2) is 4.39 Å². The van der Waals surface area contributed by atoms with Gasteiger partial charge in [-0.05, 0) is 29.3 Å². The molecule has 1 N–H and O–H groups in total. The first kappa shape index (κ1) is 27.2. The lowest BCUT2D eigenvalue weighted by Crippen LogP contribution is -2.50. The molecule has 0 aliphatic heterocycles.